The normalized spacial score (nSPS) is 11.4. The Morgan fingerprint density at radius 1 is 1.53 bits per heavy atom. The molecule has 1 amide bonds. The molecule has 0 aliphatic heterocycles. The summed E-state index contributed by atoms with van der Waals surface area (Å²) in [5.41, 5.74) is 4.60. The summed E-state index contributed by atoms with van der Waals surface area (Å²) in [5, 5.41) is 8.90. The Hall–Kier alpha value is -1.91. The maximum absolute atomic E-state index is 11.7. The Bertz CT molecular complexity index is 591. The van der Waals surface area contributed by atoms with Crippen LogP contribution in [0.4, 0.5) is 0 Å². The van der Waals surface area contributed by atoms with E-state index in [0.717, 1.165) is 12.3 Å². The monoisotopic (exact) mass is 291 g/mol. The fourth-order valence-electron chi connectivity index (χ4n) is 1.30. The number of amides is 1. The van der Waals surface area contributed by atoms with Gasteiger partial charge in [-0.25, -0.2) is 13.2 Å². The van der Waals surface area contributed by atoms with Crippen molar-refractivity contribution in [2.24, 2.45) is 5.73 Å². The molecule has 1 aromatic rings. The average Bonchev–Trinajstić information content (AvgIpc) is 2.72. The number of sulfonamides is 1. The number of rotatable bonds is 7. The van der Waals surface area contributed by atoms with Crippen LogP contribution in [0.5, 0.6) is 0 Å². The molecule has 0 atom stereocenters. The van der Waals surface area contributed by atoms with Gasteiger partial charge in [-0.3, -0.25) is 9.63 Å². The lowest BCUT2D eigenvalue weighted by Gasteiger charge is -2.03. The van der Waals surface area contributed by atoms with Crippen LogP contribution < -0.4 is 10.6 Å². The van der Waals surface area contributed by atoms with E-state index in [1.807, 2.05) is 0 Å². The van der Waals surface area contributed by atoms with Crippen LogP contribution in [-0.2, 0) is 26.2 Å². The Balaban J connectivity index is 2.95. The summed E-state index contributed by atoms with van der Waals surface area (Å²) in [7, 11) is -4.07. The van der Waals surface area contributed by atoms with Gasteiger partial charge in [-0.05, 0) is 13.0 Å². The zero-order chi connectivity index (χ0) is 14.6. The van der Waals surface area contributed by atoms with Crippen molar-refractivity contribution in [1.29, 1.82) is 0 Å². The molecule has 0 bridgehead atoms. The van der Waals surface area contributed by atoms with Crippen LogP contribution in [0, 0.1) is 0 Å². The number of hydrogen-bond donors (Lipinski definition) is 3. The van der Waals surface area contributed by atoms with E-state index in [9.17, 15) is 18.0 Å². The Morgan fingerprint density at radius 2 is 2.16 bits per heavy atom. The van der Waals surface area contributed by atoms with Crippen LogP contribution in [0.3, 0.4) is 0 Å². The van der Waals surface area contributed by atoms with Gasteiger partial charge in [0.15, 0.2) is 0 Å². The SMILES string of the molecule is CCn1cc(S(=O)(=O)NOCC(N)=O)cc1C(=O)O. The van der Waals surface area contributed by atoms with Crippen LogP contribution in [-0.4, -0.2) is 36.6 Å². The van der Waals surface area contributed by atoms with Crippen molar-refractivity contribution in [2.45, 2.75) is 18.4 Å². The fourth-order valence-corrected chi connectivity index (χ4v) is 2.14. The number of nitrogens with one attached hydrogen (secondary N) is 1. The van der Waals surface area contributed by atoms with Crippen LogP contribution in [0.2, 0.25) is 0 Å². The molecule has 0 aliphatic carbocycles. The third-order valence-corrected chi connectivity index (χ3v) is 3.31. The largest absolute Gasteiger partial charge is 0.477 e. The molecule has 0 unspecified atom stereocenters. The van der Waals surface area contributed by atoms with Crippen molar-refractivity contribution >= 4 is 21.9 Å². The summed E-state index contributed by atoms with van der Waals surface area (Å²) in [5.74, 6) is -2.10. The molecule has 0 spiro atoms. The first-order chi connectivity index (χ1) is 8.77. The number of aromatic nitrogens is 1. The van der Waals surface area contributed by atoms with Gasteiger partial charge < -0.3 is 15.4 Å². The average molecular weight is 291 g/mol. The molecular weight excluding hydrogens is 278 g/mol. The van der Waals surface area contributed by atoms with E-state index in [0.29, 0.717) is 6.54 Å². The quantitative estimate of drug-likeness (QED) is 0.545. The highest BCUT2D eigenvalue weighted by molar-refractivity contribution is 7.89. The highest BCUT2D eigenvalue weighted by Gasteiger charge is 2.21. The Labute approximate surface area is 109 Å². The summed E-state index contributed by atoms with van der Waals surface area (Å²) in [6.45, 7) is 1.33. The fraction of sp³-hybridized carbons (Fsp3) is 0.333. The number of nitrogens with two attached hydrogens (primary N) is 1. The Morgan fingerprint density at radius 3 is 2.58 bits per heavy atom. The lowest BCUT2D eigenvalue weighted by atomic mass is 10.4. The molecule has 0 aliphatic rings. The maximum Gasteiger partial charge on any atom is 0.352 e. The van der Waals surface area contributed by atoms with Crippen molar-refractivity contribution in [1.82, 2.24) is 9.45 Å². The van der Waals surface area contributed by atoms with Gasteiger partial charge in [-0.1, -0.05) is 4.89 Å². The predicted molar refractivity (Wildman–Crippen MR) is 62.5 cm³/mol. The third kappa shape index (κ3) is 3.77. The van der Waals surface area contributed by atoms with E-state index >= 15 is 0 Å². The summed E-state index contributed by atoms with van der Waals surface area (Å²) in [6, 6.07) is 0.988. The number of aryl methyl sites for hydroxylation is 1. The molecule has 10 heteroatoms. The number of carboxylic acids is 1. The van der Waals surface area contributed by atoms with Gasteiger partial charge in [0, 0.05) is 12.7 Å². The second-order valence-electron chi connectivity index (χ2n) is 3.49. The van der Waals surface area contributed by atoms with Gasteiger partial charge in [0.2, 0.25) is 5.91 Å². The molecule has 1 heterocycles. The molecule has 106 valence electrons. The number of aromatic carboxylic acids is 1. The topological polar surface area (TPSA) is 141 Å². The smallest absolute Gasteiger partial charge is 0.352 e. The molecule has 9 nitrogen and oxygen atoms in total. The lowest BCUT2D eigenvalue weighted by Crippen LogP contribution is -2.29. The number of nitrogens with zero attached hydrogens (tertiary/aromatic N) is 1. The molecular formula is C9H13N3O6S. The first kappa shape index (κ1) is 15.1. The van der Waals surface area contributed by atoms with Crippen molar-refractivity contribution in [3.63, 3.8) is 0 Å². The van der Waals surface area contributed by atoms with E-state index in [-0.39, 0.29) is 10.6 Å². The number of carbonyl (C=O) groups is 2. The van der Waals surface area contributed by atoms with E-state index in [4.69, 9.17) is 10.8 Å². The zero-order valence-corrected chi connectivity index (χ0v) is 10.8. The van der Waals surface area contributed by atoms with Gasteiger partial charge in [-0.15, -0.1) is 0 Å². The predicted octanol–water partition coefficient (Wildman–Crippen LogP) is -1.10. The van der Waals surface area contributed by atoms with E-state index in [2.05, 4.69) is 4.84 Å². The van der Waals surface area contributed by atoms with Gasteiger partial charge in [0.25, 0.3) is 10.0 Å². The molecule has 0 aromatic carbocycles. The van der Waals surface area contributed by atoms with E-state index < -0.39 is 28.5 Å². The number of hydrogen-bond acceptors (Lipinski definition) is 5. The number of carbonyl (C=O) groups excluding carboxylic acids is 1. The minimum atomic E-state index is -4.07. The second-order valence-corrected chi connectivity index (χ2v) is 5.14. The molecule has 0 saturated carbocycles. The summed E-state index contributed by atoms with van der Waals surface area (Å²) in [6.07, 6.45) is 1.15. The van der Waals surface area contributed by atoms with Crippen LogP contribution in [0.1, 0.15) is 17.4 Å². The molecule has 0 fully saturated rings. The highest BCUT2D eigenvalue weighted by atomic mass is 32.2. The van der Waals surface area contributed by atoms with Crippen molar-refractivity contribution < 1.29 is 28.0 Å². The number of carboxylic acid groups (broad SMARTS) is 1. The highest BCUT2D eigenvalue weighted by Crippen LogP contribution is 2.14. The Kier molecular flexibility index (Phi) is 4.64. The minimum Gasteiger partial charge on any atom is -0.477 e. The third-order valence-electron chi connectivity index (χ3n) is 2.12. The summed E-state index contributed by atoms with van der Waals surface area (Å²) in [4.78, 5) is 27.1. The minimum absolute atomic E-state index is 0.169. The van der Waals surface area contributed by atoms with Crippen LogP contribution >= 0.6 is 0 Å². The first-order valence-corrected chi connectivity index (χ1v) is 6.61. The van der Waals surface area contributed by atoms with Crippen LogP contribution in [0.25, 0.3) is 0 Å². The second kappa shape index (κ2) is 5.82. The van der Waals surface area contributed by atoms with Gasteiger partial charge in [0.05, 0.1) is 0 Å². The van der Waals surface area contributed by atoms with E-state index in [1.165, 1.54) is 4.57 Å². The van der Waals surface area contributed by atoms with Gasteiger partial charge in [-0.2, -0.15) is 0 Å². The number of primary amides is 1. The summed E-state index contributed by atoms with van der Waals surface area (Å²) < 4.78 is 24.7. The van der Waals surface area contributed by atoms with Crippen molar-refractivity contribution in [3.8, 4) is 0 Å². The molecule has 0 radical (unpaired) electrons. The first-order valence-electron chi connectivity index (χ1n) is 5.13. The van der Waals surface area contributed by atoms with Gasteiger partial charge in [0.1, 0.15) is 17.2 Å². The summed E-state index contributed by atoms with van der Waals surface area (Å²) >= 11 is 0. The molecule has 19 heavy (non-hydrogen) atoms. The van der Waals surface area contributed by atoms with Crippen LogP contribution in [0.15, 0.2) is 17.2 Å². The lowest BCUT2D eigenvalue weighted by molar-refractivity contribution is -0.123. The molecule has 4 N–H and O–H groups in total. The molecule has 1 rings (SSSR count). The standard InChI is InChI=1S/C9H13N3O6S/c1-2-12-4-6(3-7(12)9(14)15)19(16,17)11-18-5-8(10)13/h3-4,11H,2,5H2,1H3,(H2,10,13)(H,14,15). The van der Waals surface area contributed by atoms with Crippen molar-refractivity contribution in [2.75, 3.05) is 6.61 Å². The molecule has 0 saturated heterocycles. The van der Waals surface area contributed by atoms with Gasteiger partial charge >= 0.3 is 5.97 Å². The van der Waals surface area contributed by atoms with E-state index in [1.54, 1.807) is 11.8 Å². The zero-order valence-electron chi connectivity index (χ0n) is 9.99. The van der Waals surface area contributed by atoms with Crippen molar-refractivity contribution in [3.05, 3.63) is 18.0 Å². The molecule has 1 aromatic heterocycles. The maximum atomic E-state index is 11.7.